The van der Waals surface area contributed by atoms with Gasteiger partial charge in [0.2, 0.25) is 0 Å². The van der Waals surface area contributed by atoms with Crippen LogP contribution in [0.2, 0.25) is 0 Å². The van der Waals surface area contributed by atoms with Gasteiger partial charge in [0, 0.05) is 101 Å². The molecule has 0 saturated heterocycles. The molecule has 0 amide bonds. The summed E-state index contributed by atoms with van der Waals surface area (Å²) in [6.45, 7) is 10.4. The second-order valence-electron chi connectivity index (χ2n) is 16.0. The molecule has 0 saturated carbocycles. The monoisotopic (exact) mass is 1040 g/mol. The normalized spacial score (nSPS) is 10.1. The third-order valence-electron chi connectivity index (χ3n) is 10.6. The number of pyridine rings is 1. The van der Waals surface area contributed by atoms with Crippen molar-refractivity contribution in [3.05, 3.63) is 263 Å². The minimum Gasteiger partial charge on any atom is -0.497 e. The molecule has 9 rings (SSSR count). The van der Waals surface area contributed by atoms with Gasteiger partial charge in [-0.05, 0) is 139 Å². The number of aromatic nitrogens is 1. The van der Waals surface area contributed by atoms with Gasteiger partial charge in [-0.2, -0.15) is 90.5 Å². The number of methoxy groups -OCH3 is 1. The third kappa shape index (κ3) is 16.2. The van der Waals surface area contributed by atoms with Crippen molar-refractivity contribution in [2.24, 2.45) is 0 Å². The fraction of sp³-hybridized carbons (Fsp3) is 0.131. The molecule has 5 nitrogen and oxygen atoms in total. The predicted molar refractivity (Wildman–Crippen MR) is 266 cm³/mol. The first-order valence-electron chi connectivity index (χ1n) is 21.9. The van der Waals surface area contributed by atoms with Gasteiger partial charge in [0.1, 0.15) is 23.0 Å². The van der Waals surface area contributed by atoms with Gasteiger partial charge in [0.25, 0.3) is 0 Å². The van der Waals surface area contributed by atoms with E-state index in [1.54, 1.807) is 7.11 Å². The maximum absolute atomic E-state index is 6.12. The van der Waals surface area contributed by atoms with E-state index in [0.29, 0.717) is 0 Å². The van der Waals surface area contributed by atoms with Gasteiger partial charge in [-0.25, -0.2) is 0 Å². The van der Waals surface area contributed by atoms with E-state index in [2.05, 4.69) is 125 Å². The minimum absolute atomic E-state index is 0. The van der Waals surface area contributed by atoms with E-state index in [0.717, 1.165) is 81.0 Å². The summed E-state index contributed by atoms with van der Waals surface area (Å²) >= 11 is 0. The summed E-state index contributed by atoms with van der Waals surface area (Å²) in [7, 11) is 1.68. The number of nitrogens with zero attached hydrogens (tertiary/aromatic N) is 1. The first kappa shape index (κ1) is 53.3. The standard InChI is InChI=1S/C28H24O2.C26H22NO2.C7H7.2Y/c1-19-15-23(16-20(2)27(19)29-25-11-7-5-8-12-25)24-17-21(3)28(22(4)18-24)30-26-13-9-6-10-14-26;1-28-24-13-8-20(9-14-24)17-22-7-12-23(27-19-22)18-21-10-15-26(16-11-21)29-25-5-3-2-4-6-25;1-7-5-3-2-4-6-7;;/h7-18H,1-4H3;3-16,19H,17-18H2,1H3;3-6H,1H3;;/q-2;2*-1;;. The Hall–Kier alpha value is -5.68. The Labute approximate surface area is 453 Å². The zero-order valence-corrected chi connectivity index (χ0v) is 45.2. The largest absolute Gasteiger partial charge is 0.497 e. The zero-order valence-electron chi connectivity index (χ0n) is 39.5. The number of hydrogen-bond donors (Lipinski definition) is 0. The van der Waals surface area contributed by atoms with E-state index < -0.39 is 0 Å². The molecule has 336 valence electrons. The van der Waals surface area contributed by atoms with Crippen molar-refractivity contribution in [3.63, 3.8) is 0 Å². The molecule has 8 aromatic carbocycles. The summed E-state index contributed by atoms with van der Waals surface area (Å²) in [4.78, 5) is 4.63. The SMILES string of the molecule is COc1ccc(Cc2ccc(Cc3ccc(Oc4cc[c-]cc4)cc3)nc2)cc1.Cc1cc(-c2cc(C)c(Oc3cc[c-]cc3)c(C)c2)cc(C)c1Oc1cc[c-]cc1.Cc1cc[c-]cc1.[Y].[Y]. The van der Waals surface area contributed by atoms with Crippen LogP contribution in [0.5, 0.6) is 40.2 Å². The maximum atomic E-state index is 6.12. The van der Waals surface area contributed by atoms with Crippen LogP contribution in [-0.2, 0) is 78.3 Å². The topological polar surface area (TPSA) is 49.8 Å². The number of hydrogen-bond acceptors (Lipinski definition) is 5. The number of aryl methyl sites for hydroxylation is 5. The van der Waals surface area contributed by atoms with Crippen LogP contribution in [-0.4, -0.2) is 12.1 Å². The molecule has 0 N–H and O–H groups in total. The van der Waals surface area contributed by atoms with Crippen LogP contribution in [0.3, 0.4) is 0 Å². The van der Waals surface area contributed by atoms with Crippen LogP contribution in [0, 0.1) is 58.9 Å². The Bertz CT molecular complexity index is 2740. The molecule has 7 heteroatoms. The summed E-state index contributed by atoms with van der Waals surface area (Å²) < 4.78 is 23.3. The van der Waals surface area contributed by atoms with Crippen LogP contribution in [0.1, 0.15) is 50.2 Å². The van der Waals surface area contributed by atoms with Gasteiger partial charge < -0.3 is 18.9 Å². The van der Waals surface area contributed by atoms with E-state index in [9.17, 15) is 0 Å². The van der Waals surface area contributed by atoms with Gasteiger partial charge in [0.05, 0.1) is 7.11 Å². The van der Waals surface area contributed by atoms with Gasteiger partial charge in [-0.15, -0.1) is 36.4 Å². The fourth-order valence-corrected chi connectivity index (χ4v) is 7.24. The van der Waals surface area contributed by atoms with Crippen molar-refractivity contribution in [2.75, 3.05) is 7.11 Å². The second-order valence-corrected chi connectivity index (χ2v) is 16.0. The van der Waals surface area contributed by atoms with Crippen molar-refractivity contribution in [1.82, 2.24) is 4.98 Å². The molecular formula is C61H53NO4Y2-4. The first-order valence-corrected chi connectivity index (χ1v) is 21.9. The Kier molecular flexibility index (Phi) is 21.4. The smallest absolute Gasteiger partial charge is 0.130 e. The molecule has 2 radical (unpaired) electrons. The zero-order chi connectivity index (χ0) is 46.1. The first-order chi connectivity index (χ1) is 32.2. The van der Waals surface area contributed by atoms with E-state index in [1.807, 2.05) is 128 Å². The van der Waals surface area contributed by atoms with Crippen LogP contribution in [0.15, 0.2) is 188 Å². The van der Waals surface area contributed by atoms with Gasteiger partial charge in [-0.3, -0.25) is 4.98 Å². The molecule has 0 aliphatic rings. The Morgan fingerprint density at radius 3 is 1.10 bits per heavy atom. The van der Waals surface area contributed by atoms with E-state index in [4.69, 9.17) is 18.9 Å². The van der Waals surface area contributed by atoms with Crippen molar-refractivity contribution < 1.29 is 84.4 Å². The van der Waals surface area contributed by atoms with E-state index in [-0.39, 0.29) is 65.4 Å². The second kappa shape index (κ2) is 27.3. The molecule has 0 bridgehead atoms. The fourth-order valence-electron chi connectivity index (χ4n) is 7.24. The molecule has 0 aliphatic heterocycles. The minimum atomic E-state index is 0. The molecule has 9 aromatic rings. The average Bonchev–Trinajstić information content (AvgIpc) is 3.34. The van der Waals surface area contributed by atoms with Crippen LogP contribution >= 0.6 is 0 Å². The van der Waals surface area contributed by atoms with Crippen LogP contribution < -0.4 is 18.9 Å². The Balaban J connectivity index is 0.000000216. The van der Waals surface area contributed by atoms with Crippen molar-refractivity contribution >= 4 is 0 Å². The van der Waals surface area contributed by atoms with Crippen molar-refractivity contribution in [3.8, 4) is 51.4 Å². The third-order valence-corrected chi connectivity index (χ3v) is 10.6. The molecule has 0 spiro atoms. The van der Waals surface area contributed by atoms with E-state index >= 15 is 0 Å². The summed E-state index contributed by atoms with van der Waals surface area (Å²) in [6.07, 6.45) is 3.62. The molecule has 0 aliphatic carbocycles. The summed E-state index contributed by atoms with van der Waals surface area (Å²) in [5, 5.41) is 0. The van der Waals surface area contributed by atoms with Gasteiger partial charge in [-0.1, -0.05) is 37.3 Å². The summed E-state index contributed by atoms with van der Waals surface area (Å²) in [5.41, 5.74) is 12.8. The molecule has 0 unspecified atom stereocenters. The van der Waals surface area contributed by atoms with Crippen molar-refractivity contribution in [2.45, 2.75) is 47.5 Å². The molecule has 1 heterocycles. The maximum Gasteiger partial charge on any atom is 0.130 e. The summed E-state index contributed by atoms with van der Waals surface area (Å²) in [6, 6.07) is 71.7. The predicted octanol–water partition coefficient (Wildman–Crippen LogP) is 15.4. The number of rotatable bonds is 12. The molecular weight excluding hydrogens is 988 g/mol. The number of ether oxygens (including phenoxy) is 4. The Morgan fingerprint density at radius 1 is 0.382 bits per heavy atom. The van der Waals surface area contributed by atoms with Crippen LogP contribution in [0.4, 0.5) is 0 Å². The Morgan fingerprint density at radius 2 is 0.735 bits per heavy atom. The molecule has 68 heavy (non-hydrogen) atoms. The average molecular weight is 1040 g/mol. The van der Waals surface area contributed by atoms with Gasteiger partial charge in [0.15, 0.2) is 0 Å². The quantitative estimate of drug-likeness (QED) is 0.114. The van der Waals surface area contributed by atoms with E-state index in [1.165, 1.54) is 33.4 Å². The molecule has 0 fully saturated rings. The molecule has 1 aromatic heterocycles. The van der Waals surface area contributed by atoms with Gasteiger partial charge >= 0.3 is 0 Å². The summed E-state index contributed by atoms with van der Waals surface area (Å²) in [5.74, 6) is 5.95. The number of benzene rings is 8. The molecule has 0 atom stereocenters. The van der Waals surface area contributed by atoms with Crippen molar-refractivity contribution in [1.29, 1.82) is 0 Å². The van der Waals surface area contributed by atoms with Crippen LogP contribution in [0.25, 0.3) is 11.1 Å².